The van der Waals surface area contributed by atoms with E-state index in [0.717, 1.165) is 36.0 Å². The molecule has 0 N–H and O–H groups in total. The molecule has 31 heavy (non-hydrogen) atoms. The van der Waals surface area contributed by atoms with E-state index in [0.29, 0.717) is 11.1 Å². The summed E-state index contributed by atoms with van der Waals surface area (Å²) in [6.07, 6.45) is 2.74. The van der Waals surface area contributed by atoms with Gasteiger partial charge in [0.1, 0.15) is 0 Å². The predicted molar refractivity (Wildman–Crippen MR) is 125 cm³/mol. The van der Waals surface area contributed by atoms with Crippen LogP contribution in [-0.2, 0) is 4.74 Å². The van der Waals surface area contributed by atoms with E-state index in [4.69, 9.17) is 4.74 Å². The van der Waals surface area contributed by atoms with E-state index in [1.165, 1.54) is 5.57 Å². The number of rotatable bonds is 7. The van der Waals surface area contributed by atoms with E-state index in [2.05, 4.69) is 20.8 Å². The van der Waals surface area contributed by atoms with Gasteiger partial charge in [-0.05, 0) is 63.0 Å². The average Bonchev–Trinajstić information content (AvgIpc) is 2.81. The van der Waals surface area contributed by atoms with Crippen molar-refractivity contribution >= 4 is 11.8 Å². The molecule has 3 rings (SSSR count). The van der Waals surface area contributed by atoms with E-state index in [-0.39, 0.29) is 11.7 Å². The zero-order valence-corrected chi connectivity index (χ0v) is 19.2. The van der Waals surface area contributed by atoms with E-state index in [1.807, 2.05) is 38.1 Å². The van der Waals surface area contributed by atoms with Crippen LogP contribution in [0.15, 0.2) is 83.0 Å². The second kappa shape index (κ2) is 9.47. The summed E-state index contributed by atoms with van der Waals surface area (Å²) in [6.45, 7) is 10.3. The normalized spacial score (nSPS) is 21.3. The second-order valence-electron chi connectivity index (χ2n) is 8.44. The Balaban J connectivity index is 2.22. The molecule has 2 unspecified atom stereocenters. The van der Waals surface area contributed by atoms with Gasteiger partial charge in [0.2, 0.25) is 11.4 Å². The van der Waals surface area contributed by atoms with Crippen molar-refractivity contribution in [3.05, 3.63) is 94.1 Å². The van der Waals surface area contributed by atoms with Gasteiger partial charge >= 0.3 is 5.97 Å². The van der Waals surface area contributed by atoms with Gasteiger partial charge in [-0.2, -0.15) is 0 Å². The van der Waals surface area contributed by atoms with Gasteiger partial charge < -0.3 is 4.74 Å². The van der Waals surface area contributed by atoms with Crippen LogP contribution >= 0.6 is 0 Å². The molecule has 0 heterocycles. The average molecular weight is 417 g/mol. The number of hydrogen-bond donors (Lipinski definition) is 0. The first-order valence-corrected chi connectivity index (χ1v) is 11.1. The summed E-state index contributed by atoms with van der Waals surface area (Å²) < 4.78 is 6.31. The Hall–Kier alpha value is -2.94. The van der Waals surface area contributed by atoms with Crippen LogP contribution in [0.5, 0.6) is 0 Å². The number of ether oxygens (including phenoxy) is 1. The van der Waals surface area contributed by atoms with Gasteiger partial charge in [-0.15, -0.1) is 0 Å². The Labute approximate surface area is 185 Å². The van der Waals surface area contributed by atoms with Crippen molar-refractivity contribution in [2.24, 2.45) is 5.92 Å². The van der Waals surface area contributed by atoms with Gasteiger partial charge in [-0.1, -0.05) is 73.9 Å². The third-order valence-corrected chi connectivity index (χ3v) is 6.77. The van der Waals surface area contributed by atoms with Crippen molar-refractivity contribution in [3.63, 3.8) is 0 Å². The number of Topliss-reactive ketones (excluding diaryl/α,β-unsaturated/α-hetero) is 1. The molecule has 0 saturated carbocycles. The fourth-order valence-electron chi connectivity index (χ4n) is 4.62. The minimum Gasteiger partial charge on any atom is -0.442 e. The van der Waals surface area contributed by atoms with Gasteiger partial charge in [0.05, 0.1) is 5.56 Å². The van der Waals surface area contributed by atoms with E-state index >= 15 is 0 Å². The molecule has 0 aromatic heterocycles. The Morgan fingerprint density at radius 1 is 0.839 bits per heavy atom. The molecule has 0 aliphatic heterocycles. The van der Waals surface area contributed by atoms with Crippen molar-refractivity contribution in [1.82, 2.24) is 0 Å². The molecular formula is C28H32O3. The standard InChI is InChI=1S/C28H32O3/c1-6-7-18-25-21(4)19(2)20(3)22(5)28(25,26(29)23-14-10-8-11-15-23)31-27(30)24-16-12-9-13-17-24/h8-17,25H,6-7,18H2,1-5H3. The first kappa shape index (κ1) is 22.7. The molecule has 2 atom stereocenters. The van der Waals surface area contributed by atoms with E-state index in [1.54, 1.807) is 36.4 Å². The number of hydrogen-bond acceptors (Lipinski definition) is 3. The minimum atomic E-state index is -1.35. The van der Waals surface area contributed by atoms with Crippen molar-refractivity contribution in [2.75, 3.05) is 0 Å². The molecule has 1 aliphatic carbocycles. The predicted octanol–water partition coefficient (Wildman–Crippen LogP) is 6.96. The molecule has 0 radical (unpaired) electrons. The van der Waals surface area contributed by atoms with Crippen LogP contribution in [0.25, 0.3) is 0 Å². The first-order valence-electron chi connectivity index (χ1n) is 11.1. The van der Waals surface area contributed by atoms with Gasteiger partial charge in [0.25, 0.3) is 0 Å². The number of allylic oxidation sites excluding steroid dienone is 2. The van der Waals surface area contributed by atoms with Crippen LogP contribution in [0.2, 0.25) is 0 Å². The second-order valence-corrected chi connectivity index (χ2v) is 8.44. The highest BCUT2D eigenvalue weighted by Gasteiger charge is 2.54. The maximum Gasteiger partial charge on any atom is 0.339 e. The Bertz CT molecular complexity index is 1010. The smallest absolute Gasteiger partial charge is 0.339 e. The zero-order chi connectivity index (χ0) is 22.6. The van der Waals surface area contributed by atoms with Crippen molar-refractivity contribution in [3.8, 4) is 0 Å². The topological polar surface area (TPSA) is 43.4 Å². The highest BCUT2D eigenvalue weighted by Crippen LogP contribution is 2.48. The summed E-state index contributed by atoms with van der Waals surface area (Å²) in [5.41, 5.74) is 3.82. The van der Waals surface area contributed by atoms with Crippen molar-refractivity contribution in [2.45, 2.75) is 59.5 Å². The van der Waals surface area contributed by atoms with Crippen LogP contribution in [0.1, 0.15) is 74.6 Å². The van der Waals surface area contributed by atoms with Crippen LogP contribution in [0.3, 0.4) is 0 Å². The summed E-state index contributed by atoms with van der Waals surface area (Å²) >= 11 is 0. The van der Waals surface area contributed by atoms with Crippen LogP contribution in [0, 0.1) is 5.92 Å². The van der Waals surface area contributed by atoms with Crippen LogP contribution in [0.4, 0.5) is 0 Å². The quantitative estimate of drug-likeness (QED) is 0.362. The minimum absolute atomic E-state index is 0.151. The van der Waals surface area contributed by atoms with Gasteiger partial charge in [-0.25, -0.2) is 4.79 Å². The Morgan fingerprint density at radius 2 is 1.39 bits per heavy atom. The van der Waals surface area contributed by atoms with Gasteiger partial charge in [-0.3, -0.25) is 4.79 Å². The van der Waals surface area contributed by atoms with Gasteiger partial charge in [0, 0.05) is 11.5 Å². The van der Waals surface area contributed by atoms with Crippen LogP contribution in [-0.4, -0.2) is 17.4 Å². The largest absolute Gasteiger partial charge is 0.442 e. The van der Waals surface area contributed by atoms with E-state index < -0.39 is 11.6 Å². The molecule has 2 aromatic rings. The van der Waals surface area contributed by atoms with Crippen molar-refractivity contribution in [1.29, 1.82) is 0 Å². The summed E-state index contributed by atoms with van der Waals surface area (Å²) in [6, 6.07) is 18.1. The lowest BCUT2D eigenvalue weighted by Gasteiger charge is -2.45. The number of carbonyl (C=O) groups excluding carboxylic acids is 2. The molecule has 3 nitrogen and oxygen atoms in total. The monoisotopic (exact) mass is 416 g/mol. The highest BCUT2D eigenvalue weighted by molar-refractivity contribution is 6.07. The summed E-state index contributed by atoms with van der Waals surface area (Å²) in [4.78, 5) is 27.4. The summed E-state index contributed by atoms with van der Waals surface area (Å²) in [5, 5.41) is 0. The number of benzene rings is 2. The number of carbonyl (C=O) groups is 2. The summed E-state index contributed by atoms with van der Waals surface area (Å²) in [7, 11) is 0. The SMILES string of the molecule is CCCCC1C(C)=C(C)C(C)=C(C)C1(OC(=O)c1ccccc1)C(=O)c1ccccc1. The third-order valence-electron chi connectivity index (χ3n) is 6.77. The Kier molecular flexibility index (Phi) is 6.94. The Morgan fingerprint density at radius 3 is 1.94 bits per heavy atom. The molecule has 0 fully saturated rings. The van der Waals surface area contributed by atoms with E-state index in [9.17, 15) is 9.59 Å². The molecular weight excluding hydrogens is 384 g/mol. The number of unbranched alkanes of at least 4 members (excludes halogenated alkanes) is 1. The third kappa shape index (κ3) is 4.14. The maximum atomic E-state index is 14.1. The maximum absolute atomic E-state index is 14.1. The first-order chi connectivity index (χ1) is 14.8. The van der Waals surface area contributed by atoms with Crippen molar-refractivity contribution < 1.29 is 14.3 Å². The lowest BCUT2D eigenvalue weighted by atomic mass is 9.65. The fourth-order valence-corrected chi connectivity index (χ4v) is 4.62. The molecule has 2 aromatic carbocycles. The lowest BCUT2D eigenvalue weighted by Crippen LogP contribution is -2.53. The molecule has 0 amide bonds. The fraction of sp³-hybridized carbons (Fsp3) is 0.357. The lowest BCUT2D eigenvalue weighted by molar-refractivity contribution is -0.0155. The molecule has 0 saturated heterocycles. The van der Waals surface area contributed by atoms with Gasteiger partial charge in [0.15, 0.2) is 0 Å². The van der Waals surface area contributed by atoms with Crippen LogP contribution < -0.4 is 0 Å². The zero-order valence-electron chi connectivity index (χ0n) is 19.2. The number of esters is 1. The highest BCUT2D eigenvalue weighted by atomic mass is 16.6. The summed E-state index contributed by atoms with van der Waals surface area (Å²) in [5.74, 6) is -0.815. The molecule has 0 spiro atoms. The number of ketones is 1. The molecule has 162 valence electrons. The molecule has 1 aliphatic rings. The molecule has 3 heteroatoms. The molecule has 0 bridgehead atoms.